The van der Waals surface area contributed by atoms with Gasteiger partial charge in [0, 0.05) is 14.6 Å². The average molecular weight is 289 g/mol. The third-order valence-electron chi connectivity index (χ3n) is 2.97. The van der Waals surface area contributed by atoms with Crippen LogP contribution in [-0.4, -0.2) is 11.1 Å². The number of unbranched alkanes of at least 4 members (excludes halogenated alkanes) is 6. The number of carboxylic acid groups (broad SMARTS) is 1. The Bertz CT molecular complexity index is 412. The van der Waals surface area contributed by atoms with E-state index in [-0.39, 0.29) is 26.2 Å². The summed E-state index contributed by atoms with van der Waals surface area (Å²) in [6.07, 6.45) is 6.34. The first-order valence-corrected chi connectivity index (χ1v) is 7.70. The molecule has 0 heterocycles. The Kier molecular flexibility index (Phi) is 8.84. The predicted octanol–water partition coefficient (Wildman–Crippen LogP) is 6.11. The summed E-state index contributed by atoms with van der Waals surface area (Å²) in [5, 5.41) is 8.53. The first-order chi connectivity index (χ1) is 12.1. The second-order valence-electron chi connectivity index (χ2n) is 4.91. The highest BCUT2D eigenvalue weighted by Crippen LogP contribution is 2.09. The molecule has 0 spiro atoms. The second kappa shape index (κ2) is 16.3. The van der Waals surface area contributed by atoms with Crippen molar-refractivity contribution in [3.8, 4) is 0 Å². The van der Waals surface area contributed by atoms with Crippen molar-refractivity contribution in [1.82, 2.24) is 0 Å². The highest BCUT2D eigenvalue weighted by atomic mass is 16.4. The summed E-state index contributed by atoms with van der Waals surface area (Å²) in [4.78, 5) is 10.4. The summed E-state index contributed by atoms with van der Waals surface area (Å²) in [6.45, 7) is -0.210. The van der Waals surface area contributed by atoms with Gasteiger partial charge in [-0.15, -0.1) is 0 Å². The third kappa shape index (κ3) is 17.2. The molecule has 0 aliphatic rings. The molecule has 20 heavy (non-hydrogen) atoms. The van der Waals surface area contributed by atoms with Crippen LogP contribution in [0.3, 0.4) is 0 Å². The van der Waals surface area contributed by atoms with E-state index in [4.69, 9.17) is 13.3 Å². The lowest BCUT2D eigenvalue weighted by atomic mass is 10.1. The predicted molar refractivity (Wildman–Crippen MR) is 87.1 cm³/mol. The maximum Gasteiger partial charge on any atom is 0.303 e. The van der Waals surface area contributed by atoms with E-state index in [2.05, 4.69) is 6.08 Å². The average Bonchev–Trinajstić information content (AvgIpc) is 2.54. The molecular weight excluding hydrogens is 248 g/mol. The Hall–Kier alpha value is -0.790. The fourth-order valence-corrected chi connectivity index (χ4v) is 1.85. The Morgan fingerprint density at radius 3 is 2.25 bits per heavy atom. The van der Waals surface area contributed by atoms with Gasteiger partial charge in [-0.3, -0.25) is 4.79 Å². The molecule has 2 heteroatoms. The van der Waals surface area contributed by atoms with Crippen LogP contribution < -0.4 is 0 Å². The second-order valence-corrected chi connectivity index (χ2v) is 4.91. The summed E-state index contributed by atoms with van der Waals surface area (Å²) in [7, 11) is 0. The summed E-state index contributed by atoms with van der Waals surface area (Å²) < 4.78 is 46.2. The summed E-state index contributed by atoms with van der Waals surface area (Å²) in [5.74, 6) is -0.735. The van der Waals surface area contributed by atoms with Gasteiger partial charge in [-0.1, -0.05) is 70.3 Å². The zero-order valence-corrected chi connectivity index (χ0v) is 12.6. The van der Waals surface area contributed by atoms with Crippen LogP contribution in [0, 0.1) is 0 Å². The Morgan fingerprint density at radius 1 is 0.950 bits per heavy atom. The number of hydrogen-bond acceptors (Lipinski definition) is 1. The molecule has 1 N–H and O–H groups in total. The molecule has 0 aromatic heterocycles. The van der Waals surface area contributed by atoms with Gasteiger partial charge in [0.25, 0.3) is 0 Å². The van der Waals surface area contributed by atoms with Crippen LogP contribution in [0.25, 0.3) is 0 Å². The lowest BCUT2D eigenvalue weighted by Gasteiger charge is -1.99. The van der Waals surface area contributed by atoms with Crippen LogP contribution in [0.2, 0.25) is 0 Å². The SMILES string of the molecule is [2H]CC([2H])CC([2H])([2H])C([2H])([2H])CCC/C=C\CCCCCCCC(=O)O. The Balaban J connectivity index is 3.80. The van der Waals surface area contributed by atoms with Crippen molar-refractivity contribution in [2.75, 3.05) is 0 Å². The van der Waals surface area contributed by atoms with Crippen molar-refractivity contribution in [1.29, 1.82) is 0 Å². The van der Waals surface area contributed by atoms with Crippen LogP contribution in [-0.2, 0) is 4.79 Å². The van der Waals surface area contributed by atoms with Crippen molar-refractivity contribution in [3.63, 3.8) is 0 Å². The molecule has 118 valence electrons. The molecule has 1 atom stereocenters. The largest absolute Gasteiger partial charge is 0.481 e. The molecule has 0 aromatic rings. The molecule has 0 fully saturated rings. The normalized spacial score (nSPS) is 18.6. The van der Waals surface area contributed by atoms with E-state index in [1.54, 1.807) is 0 Å². The van der Waals surface area contributed by atoms with Gasteiger partial charge >= 0.3 is 5.97 Å². The zero-order valence-electron chi connectivity index (χ0n) is 18.6. The van der Waals surface area contributed by atoms with Crippen molar-refractivity contribution in [3.05, 3.63) is 12.2 Å². The van der Waals surface area contributed by atoms with Crippen LogP contribution in [0.15, 0.2) is 12.2 Å². The van der Waals surface area contributed by atoms with Gasteiger partial charge in [-0.25, -0.2) is 0 Å². The number of carbonyl (C=O) groups is 1. The number of aliphatic carboxylic acids is 1. The number of carboxylic acids is 1. The molecule has 1 unspecified atom stereocenters. The van der Waals surface area contributed by atoms with E-state index in [0.29, 0.717) is 12.8 Å². The molecule has 0 bridgehead atoms. The molecule has 0 radical (unpaired) electrons. The Morgan fingerprint density at radius 2 is 1.55 bits per heavy atom. The van der Waals surface area contributed by atoms with E-state index >= 15 is 0 Å². The first-order valence-electron chi connectivity index (χ1n) is 11.0. The maximum absolute atomic E-state index is 10.4. The van der Waals surface area contributed by atoms with E-state index < -0.39 is 25.1 Å². The first kappa shape index (κ1) is 10.9. The number of hydrogen-bond donors (Lipinski definition) is 1. The number of rotatable bonds is 15. The van der Waals surface area contributed by atoms with E-state index in [0.717, 1.165) is 38.5 Å². The van der Waals surface area contributed by atoms with Gasteiger partial charge in [-0.05, 0) is 32.1 Å². The minimum atomic E-state index is -2.08. The molecule has 0 aromatic carbocycles. The number of allylic oxidation sites excluding steroid dienone is 2. The Labute approximate surface area is 134 Å². The fraction of sp³-hybridized carbons (Fsp3) is 0.833. The van der Waals surface area contributed by atoms with Gasteiger partial charge in [0.05, 0.1) is 0 Å². The molecule has 0 saturated heterocycles. The van der Waals surface area contributed by atoms with Crippen molar-refractivity contribution < 1.29 is 18.1 Å². The summed E-state index contributed by atoms with van der Waals surface area (Å²) >= 11 is 0. The van der Waals surface area contributed by atoms with E-state index in [1.165, 1.54) is 0 Å². The van der Waals surface area contributed by atoms with Crippen LogP contribution in [0.1, 0.15) is 105 Å². The monoisotopic (exact) mass is 288 g/mol. The minimum Gasteiger partial charge on any atom is -0.481 e. The molecule has 0 aliphatic carbocycles. The van der Waals surface area contributed by atoms with Crippen molar-refractivity contribution >= 4 is 5.97 Å². The van der Waals surface area contributed by atoms with Gasteiger partial charge in [-0.2, -0.15) is 0 Å². The molecule has 0 rings (SSSR count). The topological polar surface area (TPSA) is 37.3 Å². The lowest BCUT2D eigenvalue weighted by Crippen LogP contribution is -1.93. The fourth-order valence-electron chi connectivity index (χ4n) is 1.85. The molecule has 0 amide bonds. The zero-order chi connectivity index (χ0) is 20.1. The van der Waals surface area contributed by atoms with Gasteiger partial charge < -0.3 is 5.11 Å². The highest BCUT2D eigenvalue weighted by molar-refractivity contribution is 5.66. The van der Waals surface area contributed by atoms with Gasteiger partial charge in [0.1, 0.15) is 0 Å². The van der Waals surface area contributed by atoms with E-state index in [1.807, 2.05) is 6.08 Å². The van der Waals surface area contributed by atoms with Crippen LogP contribution >= 0.6 is 0 Å². The highest BCUT2D eigenvalue weighted by Gasteiger charge is 1.95. The molecule has 0 saturated carbocycles. The molecule has 2 nitrogen and oxygen atoms in total. The van der Waals surface area contributed by atoms with Crippen molar-refractivity contribution in [2.45, 2.75) is 96.7 Å². The molecular formula is C18H34O2. The van der Waals surface area contributed by atoms with Crippen molar-refractivity contribution in [2.24, 2.45) is 0 Å². The quantitative estimate of drug-likeness (QED) is 0.291. The minimum absolute atomic E-state index is 0.110. The van der Waals surface area contributed by atoms with Gasteiger partial charge in [0.15, 0.2) is 0 Å². The third-order valence-corrected chi connectivity index (χ3v) is 2.97. The van der Waals surface area contributed by atoms with E-state index in [9.17, 15) is 4.79 Å². The molecule has 0 aliphatic heterocycles. The maximum atomic E-state index is 10.4. The van der Waals surface area contributed by atoms with Gasteiger partial charge in [0.2, 0.25) is 0 Å². The summed E-state index contributed by atoms with van der Waals surface area (Å²) in [5.41, 5.74) is 0. The van der Waals surface area contributed by atoms with Crippen LogP contribution in [0.5, 0.6) is 0 Å². The summed E-state index contributed by atoms with van der Waals surface area (Å²) in [6, 6.07) is 0. The van der Waals surface area contributed by atoms with Crippen LogP contribution in [0.4, 0.5) is 0 Å². The lowest BCUT2D eigenvalue weighted by molar-refractivity contribution is -0.137. The standard InChI is InChI=1S/C18H34O2/c1-2-3-4-5-6-7-8-9-10-11-12-13-14-15-16-17-18(19)20/h9-10H,2-8,11-17H2,1H3,(H,19,20)/b10-9-/i1D,2D,4D2,5D2. The smallest absolute Gasteiger partial charge is 0.303 e.